The fraction of sp³-hybridized carbons (Fsp3) is 0.912. The number of aldehydes is 1. The molecule has 1 atom stereocenters. The summed E-state index contributed by atoms with van der Waals surface area (Å²) in [6.45, 7) is 4.57. The molecule has 0 amide bonds. The number of carbonyl (C=O) groups is 1. The summed E-state index contributed by atoms with van der Waals surface area (Å²) in [4.78, 5) is 11.4. The molecule has 0 radical (unpaired) electrons. The Morgan fingerprint density at radius 2 is 0.686 bits per heavy atom. The Labute approximate surface area is 222 Å². The highest BCUT2D eigenvalue weighted by Gasteiger charge is 2.06. The van der Waals surface area contributed by atoms with Crippen molar-refractivity contribution in [2.24, 2.45) is 5.92 Å². The highest BCUT2D eigenvalue weighted by molar-refractivity contribution is 5.53. The summed E-state index contributed by atoms with van der Waals surface area (Å²) in [5, 5.41) is 0. The van der Waals surface area contributed by atoms with Gasteiger partial charge in [-0.3, -0.25) is 0 Å². The first-order valence-electron chi connectivity index (χ1n) is 16.4. The predicted octanol–water partition coefficient (Wildman–Crippen LogP) is 12.3. The lowest BCUT2D eigenvalue weighted by atomic mass is 9.95. The maximum Gasteiger partial charge on any atom is 0.123 e. The molecule has 0 fully saturated rings. The lowest BCUT2D eigenvalue weighted by molar-refractivity contribution is -0.111. The molecule has 0 spiro atoms. The van der Waals surface area contributed by atoms with Crippen LogP contribution >= 0.6 is 0 Å². The molecule has 0 aromatic carbocycles. The Balaban J connectivity index is 3.32. The molecule has 35 heavy (non-hydrogen) atoms. The second-order valence-electron chi connectivity index (χ2n) is 11.3. The van der Waals surface area contributed by atoms with Crippen LogP contribution in [0.25, 0.3) is 0 Å². The molecule has 0 aromatic heterocycles. The number of rotatable bonds is 30. The lowest BCUT2D eigenvalue weighted by Crippen LogP contribution is -2.02. The molecule has 0 bridgehead atoms. The van der Waals surface area contributed by atoms with Crippen molar-refractivity contribution in [2.45, 2.75) is 194 Å². The van der Waals surface area contributed by atoms with Gasteiger partial charge in [0, 0.05) is 5.92 Å². The maximum absolute atomic E-state index is 11.4. The van der Waals surface area contributed by atoms with Crippen molar-refractivity contribution in [1.29, 1.82) is 0 Å². The Hall–Kier alpha value is -0.590. The molecule has 0 saturated heterocycles. The molecular formula is C34H66O. The van der Waals surface area contributed by atoms with Crippen LogP contribution in [-0.2, 0) is 4.79 Å². The molecule has 1 nitrogen and oxygen atoms in total. The van der Waals surface area contributed by atoms with E-state index in [1.54, 1.807) is 0 Å². The van der Waals surface area contributed by atoms with Gasteiger partial charge in [0.25, 0.3) is 0 Å². The average molecular weight is 491 g/mol. The van der Waals surface area contributed by atoms with Crippen LogP contribution in [0, 0.1) is 5.92 Å². The summed E-state index contributed by atoms with van der Waals surface area (Å²) < 4.78 is 0. The Morgan fingerprint density at radius 1 is 0.400 bits per heavy atom. The van der Waals surface area contributed by atoms with Crippen LogP contribution in [0.1, 0.15) is 194 Å². The maximum atomic E-state index is 11.4. The van der Waals surface area contributed by atoms with Gasteiger partial charge in [-0.15, -0.1) is 0 Å². The monoisotopic (exact) mass is 491 g/mol. The van der Waals surface area contributed by atoms with Crippen LogP contribution in [0.3, 0.4) is 0 Å². The predicted molar refractivity (Wildman–Crippen MR) is 159 cm³/mol. The van der Waals surface area contributed by atoms with Gasteiger partial charge in [-0.25, -0.2) is 0 Å². The van der Waals surface area contributed by atoms with Gasteiger partial charge in [-0.2, -0.15) is 0 Å². The van der Waals surface area contributed by atoms with Crippen LogP contribution in [0.15, 0.2) is 12.2 Å². The van der Waals surface area contributed by atoms with Gasteiger partial charge < -0.3 is 4.79 Å². The van der Waals surface area contributed by atoms with Gasteiger partial charge in [0.1, 0.15) is 6.29 Å². The third-order valence-corrected chi connectivity index (χ3v) is 7.71. The van der Waals surface area contributed by atoms with Crippen molar-refractivity contribution in [2.75, 3.05) is 0 Å². The fourth-order valence-electron chi connectivity index (χ4n) is 5.18. The molecule has 0 heterocycles. The standard InChI is InChI=1S/C34H66O/c1-3-5-7-9-11-13-15-17-19-21-23-25-27-29-31-34(33-35)32-30-28-26-24-22-20-18-16-14-12-10-8-6-4-2/h17,19,33-34H,3-16,18,20-32H2,1-2H3/b19-17-. The van der Waals surface area contributed by atoms with Crippen molar-refractivity contribution < 1.29 is 4.79 Å². The quantitative estimate of drug-likeness (QED) is 0.0555. The zero-order valence-corrected chi connectivity index (χ0v) is 24.5. The number of unbranched alkanes of at least 4 members (excludes halogenated alkanes) is 23. The first-order chi connectivity index (χ1) is 17.3. The summed E-state index contributed by atoms with van der Waals surface area (Å²) in [6.07, 6.45) is 44.0. The van der Waals surface area contributed by atoms with E-state index >= 15 is 0 Å². The largest absolute Gasteiger partial charge is 0.303 e. The van der Waals surface area contributed by atoms with Crippen molar-refractivity contribution in [3.8, 4) is 0 Å². The van der Waals surface area contributed by atoms with E-state index in [2.05, 4.69) is 26.0 Å². The highest BCUT2D eigenvalue weighted by Crippen LogP contribution is 2.18. The SMILES string of the molecule is CCCCCCCC/C=C\CCCCCCC(C=O)CCCCCCCCCCCCCCCC. The molecule has 0 aliphatic rings. The molecule has 208 valence electrons. The van der Waals surface area contributed by atoms with Crippen molar-refractivity contribution in [3.63, 3.8) is 0 Å². The first kappa shape index (κ1) is 34.4. The Kier molecular flexibility index (Phi) is 30.9. The highest BCUT2D eigenvalue weighted by atomic mass is 16.1. The van der Waals surface area contributed by atoms with E-state index in [1.165, 1.54) is 173 Å². The van der Waals surface area contributed by atoms with E-state index in [-0.39, 0.29) is 0 Å². The van der Waals surface area contributed by atoms with Gasteiger partial charge in [-0.1, -0.05) is 167 Å². The molecular weight excluding hydrogens is 424 g/mol. The van der Waals surface area contributed by atoms with Crippen molar-refractivity contribution >= 4 is 6.29 Å². The van der Waals surface area contributed by atoms with Crippen LogP contribution in [0.2, 0.25) is 0 Å². The number of hydrogen-bond acceptors (Lipinski definition) is 1. The average Bonchev–Trinajstić information content (AvgIpc) is 2.87. The number of carbonyl (C=O) groups excluding carboxylic acids is 1. The molecule has 0 saturated carbocycles. The second kappa shape index (κ2) is 31.4. The molecule has 0 N–H and O–H groups in total. The van der Waals surface area contributed by atoms with Crippen LogP contribution in [0.4, 0.5) is 0 Å². The van der Waals surface area contributed by atoms with Gasteiger partial charge in [0.05, 0.1) is 0 Å². The van der Waals surface area contributed by atoms with E-state index in [4.69, 9.17) is 0 Å². The Bertz CT molecular complexity index is 413. The molecule has 0 aromatic rings. The summed E-state index contributed by atoms with van der Waals surface area (Å²) >= 11 is 0. The third kappa shape index (κ3) is 29.5. The minimum Gasteiger partial charge on any atom is -0.303 e. The second-order valence-corrected chi connectivity index (χ2v) is 11.3. The first-order valence-corrected chi connectivity index (χ1v) is 16.4. The topological polar surface area (TPSA) is 17.1 Å². The number of allylic oxidation sites excluding steroid dienone is 2. The van der Waals surface area contributed by atoms with Gasteiger partial charge in [0.2, 0.25) is 0 Å². The normalized spacial score (nSPS) is 12.5. The van der Waals surface area contributed by atoms with Gasteiger partial charge in [-0.05, 0) is 38.5 Å². The fourth-order valence-corrected chi connectivity index (χ4v) is 5.18. The zero-order valence-electron chi connectivity index (χ0n) is 24.5. The van der Waals surface area contributed by atoms with Gasteiger partial charge >= 0.3 is 0 Å². The minimum absolute atomic E-state index is 0.324. The zero-order chi connectivity index (χ0) is 25.5. The molecule has 1 heteroatoms. The van der Waals surface area contributed by atoms with E-state index in [1.807, 2.05) is 0 Å². The van der Waals surface area contributed by atoms with Crippen LogP contribution in [0.5, 0.6) is 0 Å². The molecule has 1 unspecified atom stereocenters. The van der Waals surface area contributed by atoms with E-state index in [0.717, 1.165) is 12.8 Å². The lowest BCUT2D eigenvalue weighted by Gasteiger charge is -2.10. The third-order valence-electron chi connectivity index (χ3n) is 7.71. The van der Waals surface area contributed by atoms with Crippen molar-refractivity contribution in [3.05, 3.63) is 12.2 Å². The summed E-state index contributed by atoms with van der Waals surface area (Å²) in [7, 11) is 0. The van der Waals surface area contributed by atoms with E-state index in [0.29, 0.717) is 5.92 Å². The summed E-state index contributed by atoms with van der Waals surface area (Å²) in [5.74, 6) is 0.324. The number of hydrogen-bond donors (Lipinski definition) is 0. The summed E-state index contributed by atoms with van der Waals surface area (Å²) in [6, 6.07) is 0. The Morgan fingerprint density at radius 3 is 1.00 bits per heavy atom. The molecule has 0 aliphatic carbocycles. The van der Waals surface area contributed by atoms with Gasteiger partial charge in [0.15, 0.2) is 0 Å². The van der Waals surface area contributed by atoms with Crippen LogP contribution < -0.4 is 0 Å². The van der Waals surface area contributed by atoms with Crippen LogP contribution in [-0.4, -0.2) is 6.29 Å². The van der Waals surface area contributed by atoms with E-state index < -0.39 is 0 Å². The smallest absolute Gasteiger partial charge is 0.123 e. The van der Waals surface area contributed by atoms with E-state index in [9.17, 15) is 4.79 Å². The summed E-state index contributed by atoms with van der Waals surface area (Å²) in [5.41, 5.74) is 0. The van der Waals surface area contributed by atoms with Crippen molar-refractivity contribution in [1.82, 2.24) is 0 Å². The minimum atomic E-state index is 0.324. The molecule has 0 rings (SSSR count). The molecule has 0 aliphatic heterocycles.